The van der Waals surface area contributed by atoms with E-state index in [4.69, 9.17) is 5.11 Å². The van der Waals surface area contributed by atoms with Gasteiger partial charge < -0.3 is 5.11 Å². The number of aliphatic carboxylic acids is 1. The van der Waals surface area contributed by atoms with Gasteiger partial charge in [0.25, 0.3) is 0 Å². The van der Waals surface area contributed by atoms with Gasteiger partial charge in [0.15, 0.2) is 0 Å². The zero-order chi connectivity index (χ0) is 9.84. The summed E-state index contributed by atoms with van der Waals surface area (Å²) in [6.07, 6.45) is 4.35. The molecule has 1 aromatic heterocycles. The molecule has 0 amide bonds. The molecule has 5 nitrogen and oxygen atoms in total. The zero-order valence-electron chi connectivity index (χ0n) is 7.14. The smallest absolute Gasteiger partial charge is 0.333 e. The predicted octanol–water partition coefficient (Wildman–Crippen LogP) is 0.780. The molecule has 5 heteroatoms. The fourth-order valence-corrected chi connectivity index (χ4v) is 0.834. The summed E-state index contributed by atoms with van der Waals surface area (Å²) >= 11 is 0. The molecule has 0 atom stereocenters. The van der Waals surface area contributed by atoms with E-state index < -0.39 is 5.97 Å². The van der Waals surface area contributed by atoms with E-state index in [-0.39, 0.29) is 5.57 Å². The van der Waals surface area contributed by atoms with Crippen molar-refractivity contribution < 1.29 is 9.90 Å². The first kappa shape index (κ1) is 9.18. The first-order valence-corrected chi connectivity index (χ1v) is 3.60. The minimum Gasteiger partial charge on any atom is -0.478 e. The Morgan fingerprint density at radius 3 is 2.46 bits per heavy atom. The second-order valence-electron chi connectivity index (χ2n) is 2.34. The van der Waals surface area contributed by atoms with Crippen LogP contribution in [0.3, 0.4) is 0 Å². The van der Waals surface area contributed by atoms with Gasteiger partial charge in [0.2, 0.25) is 0 Å². The van der Waals surface area contributed by atoms with E-state index in [0.717, 1.165) is 0 Å². The molecular formula is C8H9N3O2. The number of nitrogens with zero attached hydrogens (tertiary/aromatic N) is 3. The fourth-order valence-electron chi connectivity index (χ4n) is 0.834. The van der Waals surface area contributed by atoms with Crippen LogP contribution in [-0.2, 0) is 4.79 Å². The highest BCUT2D eigenvalue weighted by Crippen LogP contribution is 2.08. The van der Waals surface area contributed by atoms with Crippen LogP contribution in [0.25, 0.3) is 5.70 Å². The van der Waals surface area contributed by atoms with E-state index in [1.807, 2.05) is 0 Å². The first-order chi connectivity index (χ1) is 6.16. The van der Waals surface area contributed by atoms with Crippen LogP contribution in [0.1, 0.15) is 6.92 Å². The van der Waals surface area contributed by atoms with Gasteiger partial charge in [0.1, 0.15) is 0 Å². The summed E-state index contributed by atoms with van der Waals surface area (Å²) in [7, 11) is 0. The molecule has 13 heavy (non-hydrogen) atoms. The molecule has 1 heterocycles. The van der Waals surface area contributed by atoms with Crippen molar-refractivity contribution in [3.63, 3.8) is 0 Å². The van der Waals surface area contributed by atoms with Gasteiger partial charge in [-0.25, -0.2) is 4.79 Å². The number of hydrogen-bond acceptors (Lipinski definition) is 3. The van der Waals surface area contributed by atoms with E-state index in [2.05, 4.69) is 16.8 Å². The summed E-state index contributed by atoms with van der Waals surface area (Å²) in [5.41, 5.74) is 0.531. The molecule has 0 saturated carbocycles. The Kier molecular flexibility index (Phi) is 2.59. The van der Waals surface area contributed by atoms with Crippen LogP contribution in [-0.4, -0.2) is 26.1 Å². The van der Waals surface area contributed by atoms with E-state index >= 15 is 0 Å². The molecule has 0 aliphatic carbocycles. The number of carboxylic acids is 1. The van der Waals surface area contributed by atoms with E-state index in [1.165, 1.54) is 30.2 Å². The van der Waals surface area contributed by atoms with Crippen molar-refractivity contribution in [2.24, 2.45) is 0 Å². The Morgan fingerprint density at radius 2 is 2.08 bits per heavy atom. The maximum Gasteiger partial charge on any atom is 0.333 e. The van der Waals surface area contributed by atoms with Gasteiger partial charge >= 0.3 is 5.97 Å². The normalized spacial score (nSPS) is 12.1. The number of aromatic nitrogens is 3. The van der Waals surface area contributed by atoms with Crippen molar-refractivity contribution in [3.05, 3.63) is 30.6 Å². The average molecular weight is 179 g/mol. The molecule has 0 aromatic carbocycles. The lowest BCUT2D eigenvalue weighted by Crippen LogP contribution is -2.07. The summed E-state index contributed by atoms with van der Waals surface area (Å²) < 4.78 is 0. The van der Waals surface area contributed by atoms with Crippen LogP contribution < -0.4 is 0 Å². The molecule has 0 unspecified atom stereocenters. The maximum atomic E-state index is 10.6. The molecule has 0 spiro atoms. The Bertz CT molecular complexity index is 351. The fraction of sp³-hybridized carbons (Fsp3) is 0.125. The quantitative estimate of drug-likeness (QED) is 0.550. The lowest BCUT2D eigenvalue weighted by molar-refractivity contribution is -0.132. The maximum absolute atomic E-state index is 10.6. The minimum absolute atomic E-state index is 0.159. The zero-order valence-corrected chi connectivity index (χ0v) is 7.14. The summed E-state index contributed by atoms with van der Waals surface area (Å²) in [5.74, 6) is -1.01. The molecule has 1 aromatic rings. The molecule has 0 radical (unpaired) electrons. The van der Waals surface area contributed by atoms with Crippen molar-refractivity contribution in [2.45, 2.75) is 6.92 Å². The van der Waals surface area contributed by atoms with Crippen molar-refractivity contribution >= 4 is 11.7 Å². The number of carboxylic acid groups (broad SMARTS) is 1. The monoisotopic (exact) mass is 179 g/mol. The molecule has 1 rings (SSSR count). The Labute approximate surface area is 75.0 Å². The van der Waals surface area contributed by atoms with Crippen molar-refractivity contribution in [1.82, 2.24) is 15.0 Å². The van der Waals surface area contributed by atoms with Crippen LogP contribution in [0.5, 0.6) is 0 Å². The van der Waals surface area contributed by atoms with Gasteiger partial charge in [0, 0.05) is 0 Å². The molecular weight excluding hydrogens is 170 g/mol. The van der Waals surface area contributed by atoms with E-state index in [9.17, 15) is 4.79 Å². The largest absolute Gasteiger partial charge is 0.478 e. The van der Waals surface area contributed by atoms with Gasteiger partial charge in [-0.1, -0.05) is 6.58 Å². The molecule has 0 fully saturated rings. The number of allylic oxidation sites excluding steroid dienone is 2. The Morgan fingerprint density at radius 1 is 1.54 bits per heavy atom. The topological polar surface area (TPSA) is 68.0 Å². The summed E-state index contributed by atoms with van der Waals surface area (Å²) in [4.78, 5) is 11.8. The Hall–Kier alpha value is -1.91. The summed E-state index contributed by atoms with van der Waals surface area (Å²) in [5, 5.41) is 16.3. The minimum atomic E-state index is -1.01. The summed E-state index contributed by atoms with van der Waals surface area (Å²) in [6, 6.07) is 0. The second kappa shape index (κ2) is 3.66. The standard InChI is InChI=1S/C8H9N3O2/c1-3-7(6(2)8(12)13)11-9-4-5-10-11/h3-5H,1H2,2H3,(H,12,13). The number of rotatable bonds is 3. The van der Waals surface area contributed by atoms with Gasteiger partial charge in [-0.15, -0.1) is 0 Å². The lowest BCUT2D eigenvalue weighted by atomic mass is 10.2. The predicted molar refractivity (Wildman–Crippen MR) is 46.7 cm³/mol. The molecule has 0 aliphatic heterocycles. The third-order valence-corrected chi connectivity index (χ3v) is 1.53. The third kappa shape index (κ3) is 1.81. The highest BCUT2D eigenvalue weighted by Gasteiger charge is 2.08. The van der Waals surface area contributed by atoms with Crippen LogP contribution in [0.4, 0.5) is 0 Å². The highest BCUT2D eigenvalue weighted by atomic mass is 16.4. The third-order valence-electron chi connectivity index (χ3n) is 1.53. The average Bonchev–Trinajstić information content (AvgIpc) is 2.58. The molecule has 1 N–H and O–H groups in total. The van der Waals surface area contributed by atoms with Crippen LogP contribution in [0, 0.1) is 0 Å². The van der Waals surface area contributed by atoms with Crippen molar-refractivity contribution in [3.8, 4) is 0 Å². The number of carbonyl (C=O) groups is 1. The highest BCUT2D eigenvalue weighted by molar-refractivity contribution is 5.93. The molecule has 0 bridgehead atoms. The van der Waals surface area contributed by atoms with Gasteiger partial charge in [-0.2, -0.15) is 15.0 Å². The van der Waals surface area contributed by atoms with Crippen molar-refractivity contribution in [1.29, 1.82) is 0 Å². The van der Waals surface area contributed by atoms with Crippen molar-refractivity contribution in [2.75, 3.05) is 0 Å². The van der Waals surface area contributed by atoms with Gasteiger partial charge in [0.05, 0.1) is 23.7 Å². The first-order valence-electron chi connectivity index (χ1n) is 3.60. The molecule has 0 saturated heterocycles. The number of hydrogen-bond donors (Lipinski definition) is 1. The van der Waals surface area contributed by atoms with Crippen LogP contribution in [0.15, 0.2) is 30.6 Å². The summed E-state index contributed by atoms with van der Waals surface area (Å²) in [6.45, 7) is 4.97. The Balaban J connectivity index is 3.19. The van der Waals surface area contributed by atoms with Crippen LogP contribution in [0.2, 0.25) is 0 Å². The van der Waals surface area contributed by atoms with Gasteiger partial charge in [-0.3, -0.25) is 0 Å². The SMILES string of the molecule is C=CC(=C(C)C(=O)O)n1nccn1. The molecule has 0 aliphatic rings. The van der Waals surface area contributed by atoms with E-state index in [1.54, 1.807) is 0 Å². The van der Waals surface area contributed by atoms with Crippen LogP contribution >= 0.6 is 0 Å². The lowest BCUT2D eigenvalue weighted by Gasteiger charge is -2.02. The molecule has 68 valence electrons. The second-order valence-corrected chi connectivity index (χ2v) is 2.34. The van der Waals surface area contributed by atoms with Gasteiger partial charge in [-0.05, 0) is 13.0 Å². The van der Waals surface area contributed by atoms with E-state index in [0.29, 0.717) is 5.70 Å².